The van der Waals surface area contributed by atoms with Crippen molar-refractivity contribution in [2.45, 2.75) is 19.8 Å². The average Bonchev–Trinajstić information content (AvgIpc) is 3.03. The number of nitrogens with zero attached hydrogens (tertiary/aromatic N) is 2. The fourth-order valence-electron chi connectivity index (χ4n) is 4.31. The fraction of sp³-hybridized carbons (Fsp3) is 0.333. The van der Waals surface area contributed by atoms with Crippen LogP contribution in [0.25, 0.3) is 5.57 Å². The summed E-state index contributed by atoms with van der Waals surface area (Å²) in [6, 6.07) is 10.7. The molecule has 0 radical (unpaired) electrons. The van der Waals surface area contributed by atoms with E-state index < -0.39 is 17.6 Å². The van der Waals surface area contributed by atoms with Gasteiger partial charge in [0.1, 0.15) is 11.5 Å². The quantitative estimate of drug-likeness (QED) is 0.683. The second-order valence-corrected chi connectivity index (χ2v) is 7.91. The van der Waals surface area contributed by atoms with Crippen molar-refractivity contribution in [1.29, 1.82) is 0 Å². The smallest absolute Gasteiger partial charge is 0.282 e. The number of imide groups is 1. The molecule has 1 saturated heterocycles. The number of benzene rings is 2. The number of amides is 2. The summed E-state index contributed by atoms with van der Waals surface area (Å²) in [7, 11) is 3.05. The number of methoxy groups -OCH3 is 2. The van der Waals surface area contributed by atoms with Gasteiger partial charge in [-0.25, -0.2) is 9.29 Å². The maximum absolute atomic E-state index is 13.9. The average molecular weight is 424 g/mol. The van der Waals surface area contributed by atoms with Crippen molar-refractivity contribution in [1.82, 2.24) is 4.90 Å². The van der Waals surface area contributed by atoms with Crippen LogP contribution in [0.15, 0.2) is 48.2 Å². The van der Waals surface area contributed by atoms with Crippen LogP contribution < -0.4 is 14.4 Å². The molecule has 2 heterocycles. The van der Waals surface area contributed by atoms with E-state index >= 15 is 0 Å². The van der Waals surface area contributed by atoms with Crippen LogP contribution in [0.3, 0.4) is 0 Å². The Hall–Kier alpha value is -3.35. The van der Waals surface area contributed by atoms with Crippen molar-refractivity contribution < 1.29 is 23.5 Å². The minimum atomic E-state index is -0.509. The second kappa shape index (κ2) is 8.41. The number of carbonyl (C=O) groups is 2. The first-order valence-electron chi connectivity index (χ1n) is 10.3. The lowest BCUT2D eigenvalue weighted by atomic mass is 9.97. The summed E-state index contributed by atoms with van der Waals surface area (Å²) in [5.41, 5.74) is 1.42. The number of anilines is 1. The molecular weight excluding hydrogens is 399 g/mol. The Kier molecular flexibility index (Phi) is 5.67. The summed E-state index contributed by atoms with van der Waals surface area (Å²) in [6.45, 7) is 3.50. The Bertz CT molecular complexity index is 1070. The molecule has 0 aromatic heterocycles. The maximum Gasteiger partial charge on any atom is 0.282 e. The minimum absolute atomic E-state index is 0.216. The topological polar surface area (TPSA) is 59.1 Å². The zero-order valence-electron chi connectivity index (χ0n) is 17.9. The van der Waals surface area contributed by atoms with Gasteiger partial charge in [-0.05, 0) is 54.7 Å². The van der Waals surface area contributed by atoms with Gasteiger partial charge in [-0.15, -0.1) is 0 Å². The lowest BCUT2D eigenvalue weighted by Gasteiger charge is -2.33. The molecule has 1 atom stereocenters. The van der Waals surface area contributed by atoms with E-state index in [0.717, 1.165) is 17.7 Å². The Labute approximate surface area is 180 Å². The summed E-state index contributed by atoms with van der Waals surface area (Å²) in [6.07, 6.45) is 2.01. The SMILES string of the molecule is COc1ccc(C2=C(N3CCCC(C)C3)C(=O)N(c3cccc(F)c3)C2=O)cc1OC. The van der Waals surface area contributed by atoms with Crippen molar-refractivity contribution in [3.63, 3.8) is 0 Å². The molecule has 7 heteroatoms. The van der Waals surface area contributed by atoms with Crippen LogP contribution in [0.4, 0.5) is 10.1 Å². The third kappa shape index (κ3) is 3.76. The van der Waals surface area contributed by atoms with E-state index in [0.29, 0.717) is 47.3 Å². The molecule has 2 aliphatic rings. The highest BCUT2D eigenvalue weighted by Gasteiger charge is 2.43. The number of halogens is 1. The molecule has 4 rings (SSSR count). The van der Waals surface area contributed by atoms with Crippen molar-refractivity contribution >= 4 is 23.1 Å². The Morgan fingerprint density at radius 2 is 1.77 bits per heavy atom. The summed E-state index contributed by atoms with van der Waals surface area (Å²) < 4.78 is 24.6. The predicted octanol–water partition coefficient (Wildman–Crippen LogP) is 3.86. The molecule has 2 amide bonds. The molecule has 0 aliphatic carbocycles. The molecule has 0 N–H and O–H groups in total. The molecular formula is C24H25FN2O4. The first-order chi connectivity index (χ1) is 14.9. The summed E-state index contributed by atoms with van der Waals surface area (Å²) >= 11 is 0. The summed E-state index contributed by atoms with van der Waals surface area (Å²) in [5.74, 6) is -0.0301. The Morgan fingerprint density at radius 3 is 2.45 bits per heavy atom. The highest BCUT2D eigenvalue weighted by Crippen LogP contribution is 2.39. The van der Waals surface area contributed by atoms with E-state index in [1.165, 1.54) is 32.4 Å². The van der Waals surface area contributed by atoms with E-state index in [1.54, 1.807) is 24.3 Å². The fourth-order valence-corrected chi connectivity index (χ4v) is 4.31. The first kappa shape index (κ1) is 20.9. The Balaban J connectivity index is 1.86. The highest BCUT2D eigenvalue weighted by atomic mass is 19.1. The molecule has 0 saturated carbocycles. The van der Waals surface area contributed by atoms with Gasteiger partial charge in [-0.3, -0.25) is 9.59 Å². The molecule has 1 fully saturated rings. The minimum Gasteiger partial charge on any atom is -0.493 e. The van der Waals surface area contributed by atoms with Crippen LogP contribution >= 0.6 is 0 Å². The molecule has 2 aliphatic heterocycles. The number of rotatable bonds is 5. The third-order valence-corrected chi connectivity index (χ3v) is 5.77. The van der Waals surface area contributed by atoms with Crippen molar-refractivity contribution in [2.24, 2.45) is 5.92 Å². The molecule has 162 valence electrons. The largest absolute Gasteiger partial charge is 0.493 e. The molecule has 0 spiro atoms. The normalized spacial score (nSPS) is 19.3. The van der Waals surface area contributed by atoms with Gasteiger partial charge in [0.25, 0.3) is 11.8 Å². The van der Waals surface area contributed by atoms with Crippen molar-refractivity contribution in [3.8, 4) is 11.5 Å². The van der Waals surface area contributed by atoms with Gasteiger partial charge in [0.05, 0.1) is 25.5 Å². The van der Waals surface area contributed by atoms with E-state index in [1.807, 2.05) is 4.90 Å². The third-order valence-electron chi connectivity index (χ3n) is 5.77. The van der Waals surface area contributed by atoms with Crippen molar-refractivity contribution in [2.75, 3.05) is 32.2 Å². The second-order valence-electron chi connectivity index (χ2n) is 7.91. The molecule has 2 aromatic carbocycles. The van der Waals surface area contributed by atoms with Crippen LogP contribution in [-0.2, 0) is 9.59 Å². The number of likely N-dealkylation sites (tertiary alicyclic amines) is 1. The van der Waals surface area contributed by atoms with Gasteiger partial charge >= 0.3 is 0 Å². The summed E-state index contributed by atoms with van der Waals surface area (Å²) in [4.78, 5) is 30.1. The summed E-state index contributed by atoms with van der Waals surface area (Å²) in [5, 5.41) is 0. The molecule has 2 aromatic rings. The van der Waals surface area contributed by atoms with Gasteiger partial charge in [-0.1, -0.05) is 19.1 Å². The molecule has 1 unspecified atom stereocenters. The standard InChI is InChI=1S/C24H25FN2O4/c1-15-6-5-11-26(14-15)22-21(16-9-10-19(30-2)20(12-16)31-3)23(28)27(24(22)29)18-8-4-7-17(25)13-18/h4,7-10,12-13,15H,5-6,11,14H2,1-3H3. The molecule has 31 heavy (non-hydrogen) atoms. The highest BCUT2D eigenvalue weighted by molar-refractivity contribution is 6.45. The molecule has 6 nitrogen and oxygen atoms in total. The predicted molar refractivity (Wildman–Crippen MR) is 115 cm³/mol. The van der Waals surface area contributed by atoms with E-state index in [4.69, 9.17) is 9.47 Å². The maximum atomic E-state index is 13.9. The van der Waals surface area contributed by atoms with Gasteiger partial charge in [0.15, 0.2) is 11.5 Å². The van der Waals surface area contributed by atoms with Crippen molar-refractivity contribution in [3.05, 3.63) is 59.5 Å². The van der Waals surface area contributed by atoms with E-state index in [2.05, 4.69) is 6.92 Å². The van der Waals surface area contributed by atoms with Crippen LogP contribution in [0, 0.1) is 11.7 Å². The van der Waals surface area contributed by atoms with Crippen LogP contribution in [0.1, 0.15) is 25.3 Å². The zero-order valence-corrected chi connectivity index (χ0v) is 17.9. The van der Waals surface area contributed by atoms with Gasteiger partial charge in [0, 0.05) is 13.1 Å². The van der Waals surface area contributed by atoms with Gasteiger partial charge in [-0.2, -0.15) is 0 Å². The molecule has 0 bridgehead atoms. The van der Waals surface area contributed by atoms with Gasteiger partial charge in [0.2, 0.25) is 0 Å². The van der Waals surface area contributed by atoms with Crippen LogP contribution in [0.5, 0.6) is 11.5 Å². The Morgan fingerprint density at radius 1 is 1.00 bits per heavy atom. The number of ether oxygens (including phenoxy) is 2. The first-order valence-corrected chi connectivity index (χ1v) is 10.3. The van der Waals surface area contributed by atoms with E-state index in [-0.39, 0.29) is 5.69 Å². The lowest BCUT2D eigenvalue weighted by molar-refractivity contribution is -0.120. The van der Waals surface area contributed by atoms with Crippen LogP contribution in [0.2, 0.25) is 0 Å². The number of piperidine rings is 1. The number of hydrogen-bond acceptors (Lipinski definition) is 5. The lowest BCUT2D eigenvalue weighted by Crippen LogP contribution is -2.39. The van der Waals surface area contributed by atoms with Gasteiger partial charge < -0.3 is 14.4 Å². The van der Waals surface area contributed by atoms with E-state index in [9.17, 15) is 14.0 Å². The monoisotopic (exact) mass is 424 g/mol. The zero-order chi connectivity index (χ0) is 22.1. The number of hydrogen-bond donors (Lipinski definition) is 0. The van der Waals surface area contributed by atoms with Crippen LogP contribution in [-0.4, -0.2) is 44.0 Å². The number of carbonyl (C=O) groups excluding carboxylic acids is 2.